The van der Waals surface area contributed by atoms with Crippen LogP contribution in [0.5, 0.6) is 0 Å². The van der Waals surface area contributed by atoms with Crippen LogP contribution in [0.25, 0.3) is 0 Å². The van der Waals surface area contributed by atoms with E-state index in [4.69, 9.17) is 34.8 Å². The van der Waals surface area contributed by atoms with E-state index in [2.05, 4.69) is 13.2 Å². The van der Waals surface area contributed by atoms with Gasteiger partial charge in [-0.25, -0.2) is 4.39 Å². The maximum Gasteiger partial charge on any atom is 0.307 e. The van der Waals surface area contributed by atoms with E-state index in [-0.39, 0.29) is 26.7 Å². The van der Waals surface area contributed by atoms with Crippen LogP contribution in [0.4, 0.5) is 13.2 Å². The van der Waals surface area contributed by atoms with Gasteiger partial charge in [-0.05, 0) is 49.4 Å². The Kier molecular flexibility index (Phi) is 10.4. The van der Waals surface area contributed by atoms with Crippen LogP contribution in [0.3, 0.4) is 0 Å². The lowest BCUT2D eigenvalue weighted by Gasteiger charge is -2.11. The third-order valence-corrected chi connectivity index (χ3v) is 4.96. The van der Waals surface area contributed by atoms with E-state index in [9.17, 15) is 32.3 Å². The molecule has 1 atom stereocenters. The minimum atomic E-state index is -3.65. The molecule has 2 rings (SSSR count). The van der Waals surface area contributed by atoms with Gasteiger partial charge in [-0.3, -0.25) is 19.2 Å². The molecule has 0 bridgehead atoms. The quantitative estimate of drug-likeness (QED) is 0.159. The second-order valence-corrected chi connectivity index (χ2v) is 8.22. The smallest absolute Gasteiger partial charge is 0.291 e. The van der Waals surface area contributed by atoms with Crippen molar-refractivity contribution in [3.63, 3.8) is 0 Å². The summed E-state index contributed by atoms with van der Waals surface area (Å²) in [6.07, 6.45) is -1.72. The summed E-state index contributed by atoms with van der Waals surface area (Å²) in [5, 5.41) is 0.738. The molecule has 10 heteroatoms. The first-order valence-electron chi connectivity index (χ1n) is 9.36. The summed E-state index contributed by atoms with van der Waals surface area (Å²) in [6.45, 7) is 7.86. The molecule has 0 saturated carbocycles. The number of carbonyl (C=O) groups excluding carboxylic acids is 4. The van der Waals surface area contributed by atoms with Gasteiger partial charge in [0.2, 0.25) is 5.78 Å². The fourth-order valence-corrected chi connectivity index (χ4v) is 2.95. The number of allylic oxidation sites excluding steroid dienone is 2. The molecule has 1 unspecified atom stereocenters. The predicted octanol–water partition coefficient (Wildman–Crippen LogP) is 6.96. The molecule has 0 fully saturated rings. The average molecular weight is 534 g/mol. The van der Waals surface area contributed by atoms with E-state index < -0.39 is 40.8 Å². The van der Waals surface area contributed by atoms with Crippen molar-refractivity contribution in [2.75, 3.05) is 0 Å². The zero-order valence-electron chi connectivity index (χ0n) is 17.9. The van der Waals surface area contributed by atoms with Gasteiger partial charge in [0.1, 0.15) is 0 Å². The van der Waals surface area contributed by atoms with Gasteiger partial charge in [-0.15, -0.1) is 0 Å². The highest BCUT2D eigenvalue weighted by molar-refractivity contribution is 6.39. The third-order valence-electron chi connectivity index (χ3n) is 4.16. The first kappa shape index (κ1) is 29.3. The Balaban J connectivity index is 0.000000342. The van der Waals surface area contributed by atoms with Crippen LogP contribution in [-0.2, 0) is 9.59 Å². The van der Waals surface area contributed by atoms with Crippen LogP contribution in [0.1, 0.15) is 34.6 Å². The molecule has 180 valence electrons. The Morgan fingerprint density at radius 1 is 0.853 bits per heavy atom. The molecule has 4 nitrogen and oxygen atoms in total. The van der Waals surface area contributed by atoms with Crippen molar-refractivity contribution >= 4 is 57.9 Å². The number of halogens is 6. The fourth-order valence-electron chi connectivity index (χ4n) is 2.33. The fraction of sp³-hybridized carbons (Fsp3) is 0.167. The van der Waals surface area contributed by atoms with Crippen LogP contribution in [-0.4, -0.2) is 35.2 Å². The van der Waals surface area contributed by atoms with Gasteiger partial charge < -0.3 is 0 Å². The van der Waals surface area contributed by atoms with Gasteiger partial charge in [0.15, 0.2) is 23.5 Å². The Labute approximate surface area is 209 Å². The summed E-state index contributed by atoms with van der Waals surface area (Å²) in [5.74, 6) is -7.68. The van der Waals surface area contributed by atoms with Crippen molar-refractivity contribution in [3.8, 4) is 0 Å². The molecule has 0 spiro atoms. The minimum Gasteiger partial charge on any atom is -0.291 e. The van der Waals surface area contributed by atoms with Crippen LogP contribution in [0, 0.1) is 0 Å². The summed E-state index contributed by atoms with van der Waals surface area (Å²) >= 11 is 17.0. The van der Waals surface area contributed by atoms with Crippen molar-refractivity contribution in [1.82, 2.24) is 0 Å². The lowest BCUT2D eigenvalue weighted by atomic mass is 9.99. The Morgan fingerprint density at radius 3 is 1.79 bits per heavy atom. The summed E-state index contributed by atoms with van der Waals surface area (Å²) in [5.41, 5.74) is -0.990. The van der Waals surface area contributed by atoms with Crippen molar-refractivity contribution in [1.29, 1.82) is 0 Å². The zero-order chi connectivity index (χ0) is 26.4. The Morgan fingerprint density at radius 2 is 1.35 bits per heavy atom. The van der Waals surface area contributed by atoms with E-state index in [0.717, 1.165) is 6.92 Å². The largest absolute Gasteiger partial charge is 0.307 e. The summed E-state index contributed by atoms with van der Waals surface area (Å²) < 4.78 is 38.3. The van der Waals surface area contributed by atoms with E-state index in [1.165, 1.54) is 42.5 Å². The van der Waals surface area contributed by atoms with Crippen LogP contribution in [0.2, 0.25) is 15.1 Å². The number of rotatable bonds is 8. The number of benzene rings is 2. The van der Waals surface area contributed by atoms with Crippen molar-refractivity contribution in [3.05, 3.63) is 93.0 Å². The highest BCUT2D eigenvalue weighted by Crippen LogP contribution is 2.25. The van der Waals surface area contributed by atoms with Crippen LogP contribution < -0.4 is 0 Å². The van der Waals surface area contributed by atoms with Crippen molar-refractivity contribution in [2.45, 2.75) is 25.9 Å². The number of alkyl halides is 3. The topological polar surface area (TPSA) is 68.3 Å². The number of Topliss-reactive ketones (excluding diaryl/α,β-unsaturated/α-hetero) is 4. The van der Waals surface area contributed by atoms with Crippen LogP contribution in [0.15, 0.2) is 66.8 Å². The van der Waals surface area contributed by atoms with E-state index in [0.29, 0.717) is 11.9 Å². The Hall–Kier alpha value is -2.74. The maximum atomic E-state index is 12.8. The molecule has 0 radical (unpaired) electrons. The summed E-state index contributed by atoms with van der Waals surface area (Å²) in [6, 6.07) is 9.86. The van der Waals surface area contributed by atoms with Gasteiger partial charge >= 0.3 is 5.92 Å². The highest BCUT2D eigenvalue weighted by Gasteiger charge is 2.37. The SMILES string of the molecule is C=C(C(=O)c1ccc(Cl)cc1)C(=O)C(C)F.C=C(C(=O)c1ccc(Cl)cc1Cl)C(=O)C(C)(F)F. The first-order valence-corrected chi connectivity index (χ1v) is 10.5. The molecule has 0 aliphatic heterocycles. The minimum absolute atomic E-state index is 0.0270. The molecule has 34 heavy (non-hydrogen) atoms. The van der Waals surface area contributed by atoms with E-state index >= 15 is 0 Å². The van der Waals surface area contributed by atoms with Gasteiger partial charge in [0.05, 0.1) is 16.2 Å². The molecule has 0 aliphatic rings. The Bertz CT molecular complexity index is 1150. The summed E-state index contributed by atoms with van der Waals surface area (Å²) in [7, 11) is 0. The molecule has 0 amide bonds. The van der Waals surface area contributed by atoms with Gasteiger partial charge in [0, 0.05) is 28.1 Å². The second-order valence-electron chi connectivity index (χ2n) is 6.94. The number of hydrogen-bond donors (Lipinski definition) is 0. The van der Waals surface area contributed by atoms with Crippen molar-refractivity contribution in [2.24, 2.45) is 0 Å². The monoisotopic (exact) mass is 532 g/mol. The van der Waals surface area contributed by atoms with E-state index in [1.54, 1.807) is 0 Å². The lowest BCUT2D eigenvalue weighted by molar-refractivity contribution is -0.135. The predicted molar refractivity (Wildman–Crippen MR) is 126 cm³/mol. The molecular weight excluding hydrogens is 516 g/mol. The summed E-state index contributed by atoms with van der Waals surface area (Å²) in [4.78, 5) is 45.9. The standard InChI is InChI=1S/C12H8Cl2F2O2.C12H10ClFO2/c1-6(11(18)12(2,15)16)10(17)8-4-3-7(13)5-9(8)14;1-7(11(15)8(2)14)12(16)9-3-5-10(13)6-4-9/h3-5H,1H2,2H3;3-6,8H,1H2,2H3. The maximum absolute atomic E-state index is 12.8. The average Bonchev–Trinajstić information content (AvgIpc) is 2.76. The third kappa shape index (κ3) is 7.94. The first-order chi connectivity index (χ1) is 15.6. The zero-order valence-corrected chi connectivity index (χ0v) is 20.2. The molecule has 0 heterocycles. The second kappa shape index (κ2) is 12.1. The number of ketones is 4. The van der Waals surface area contributed by atoms with E-state index in [1.807, 2.05) is 0 Å². The normalized spacial score (nSPS) is 11.5. The highest BCUT2D eigenvalue weighted by atomic mass is 35.5. The lowest BCUT2D eigenvalue weighted by Crippen LogP contribution is -2.29. The molecular formula is C24H18Cl3F3O4. The van der Waals surface area contributed by atoms with Gasteiger partial charge in [0.25, 0.3) is 0 Å². The number of carbonyl (C=O) groups is 4. The molecule has 2 aromatic rings. The van der Waals surface area contributed by atoms with Gasteiger partial charge in [-0.1, -0.05) is 48.0 Å². The van der Waals surface area contributed by atoms with Gasteiger partial charge in [-0.2, -0.15) is 8.78 Å². The molecule has 0 saturated heterocycles. The molecule has 0 aliphatic carbocycles. The number of hydrogen-bond acceptors (Lipinski definition) is 4. The molecule has 2 aromatic carbocycles. The molecule has 0 N–H and O–H groups in total. The van der Waals surface area contributed by atoms with Crippen LogP contribution >= 0.6 is 34.8 Å². The van der Waals surface area contributed by atoms with Crippen molar-refractivity contribution < 1.29 is 32.3 Å². The molecule has 0 aromatic heterocycles.